The Morgan fingerprint density at radius 3 is 2.00 bits per heavy atom. The van der Waals surface area contributed by atoms with Crippen molar-refractivity contribution in [3.8, 4) is 0 Å². The summed E-state index contributed by atoms with van der Waals surface area (Å²) in [6.45, 7) is 1.84. The van der Waals surface area contributed by atoms with Crippen molar-refractivity contribution in [2.45, 2.75) is 26.2 Å². The summed E-state index contributed by atoms with van der Waals surface area (Å²) < 4.78 is 0. The maximum atomic E-state index is 12.9. The highest BCUT2D eigenvalue weighted by Crippen LogP contribution is 2.25. The monoisotopic (exact) mass is 518 g/mol. The molecule has 0 aliphatic heterocycles. The molecule has 0 fully saturated rings. The van der Waals surface area contributed by atoms with E-state index in [1.54, 1.807) is 54.6 Å². The van der Waals surface area contributed by atoms with Gasteiger partial charge in [0, 0.05) is 32.4 Å². The van der Waals surface area contributed by atoms with Gasteiger partial charge in [0.05, 0.1) is 0 Å². The van der Waals surface area contributed by atoms with Gasteiger partial charge in [-0.2, -0.15) is 4.98 Å². The van der Waals surface area contributed by atoms with Crippen molar-refractivity contribution in [1.29, 1.82) is 0 Å². The summed E-state index contributed by atoms with van der Waals surface area (Å²) in [5.41, 5.74) is 3.43. The molecule has 4 aromatic rings. The molecule has 0 unspecified atom stereocenters. The summed E-state index contributed by atoms with van der Waals surface area (Å²) in [5.74, 6) is -0.146. The molecule has 0 spiro atoms. The number of anilines is 2. The maximum Gasteiger partial charge on any atom is 0.258 e. The minimum Gasteiger partial charge on any atom is -0.306 e. The Hall–Kier alpha value is -3.74. The van der Waals surface area contributed by atoms with E-state index in [1.807, 2.05) is 31.2 Å². The fourth-order valence-corrected chi connectivity index (χ4v) is 4.27. The van der Waals surface area contributed by atoms with Crippen LogP contribution < -0.4 is 10.6 Å². The molecule has 1 heterocycles. The lowest BCUT2D eigenvalue weighted by atomic mass is 10.0. The van der Waals surface area contributed by atoms with Crippen molar-refractivity contribution in [1.82, 2.24) is 9.97 Å². The second-order valence-corrected chi connectivity index (χ2v) is 9.03. The highest BCUT2D eigenvalue weighted by Gasteiger charge is 2.17. The molecule has 0 saturated heterocycles. The van der Waals surface area contributed by atoms with Gasteiger partial charge < -0.3 is 5.32 Å². The number of nitrogens with one attached hydrogen (secondary N) is 2. The first-order valence-electron chi connectivity index (χ1n) is 11.4. The van der Waals surface area contributed by atoms with Gasteiger partial charge in [0.25, 0.3) is 11.8 Å². The predicted molar refractivity (Wildman–Crippen MR) is 144 cm³/mol. The Labute approximate surface area is 219 Å². The van der Waals surface area contributed by atoms with E-state index in [-0.39, 0.29) is 17.8 Å². The molecular formula is C28H24Cl2N4O2. The van der Waals surface area contributed by atoms with E-state index in [0.29, 0.717) is 45.5 Å². The third kappa shape index (κ3) is 6.47. The Kier molecular flexibility index (Phi) is 8.31. The predicted octanol–water partition coefficient (Wildman–Crippen LogP) is 6.77. The van der Waals surface area contributed by atoms with E-state index < -0.39 is 0 Å². The molecule has 1 aromatic heterocycles. The maximum absolute atomic E-state index is 12.9. The summed E-state index contributed by atoms with van der Waals surface area (Å²) in [6.07, 6.45) is 2.06. The van der Waals surface area contributed by atoms with Crippen molar-refractivity contribution in [3.63, 3.8) is 0 Å². The van der Waals surface area contributed by atoms with Crippen molar-refractivity contribution >= 4 is 46.8 Å². The lowest BCUT2D eigenvalue weighted by molar-refractivity contribution is 0.101. The van der Waals surface area contributed by atoms with Crippen LogP contribution in [0.5, 0.6) is 0 Å². The summed E-state index contributed by atoms with van der Waals surface area (Å²) in [5, 5.41) is 6.84. The van der Waals surface area contributed by atoms with Gasteiger partial charge in [0.1, 0.15) is 5.82 Å². The van der Waals surface area contributed by atoms with Gasteiger partial charge in [0.15, 0.2) is 0 Å². The normalized spacial score (nSPS) is 10.6. The number of benzene rings is 3. The number of rotatable bonds is 8. The molecule has 2 N–H and O–H groups in total. The van der Waals surface area contributed by atoms with E-state index in [0.717, 1.165) is 17.5 Å². The molecule has 0 aliphatic rings. The number of hydrogen-bond donors (Lipinski definition) is 2. The van der Waals surface area contributed by atoms with Crippen LogP contribution in [0.1, 0.15) is 44.0 Å². The van der Waals surface area contributed by atoms with Gasteiger partial charge in [-0.1, -0.05) is 65.7 Å². The minimum absolute atomic E-state index is 0.120. The second kappa shape index (κ2) is 11.8. The van der Waals surface area contributed by atoms with Crippen LogP contribution in [0.25, 0.3) is 0 Å². The smallest absolute Gasteiger partial charge is 0.258 e. The molecule has 0 atom stereocenters. The molecule has 36 heavy (non-hydrogen) atoms. The fraction of sp³-hybridized carbons (Fsp3) is 0.143. The Balaban J connectivity index is 1.58. The van der Waals surface area contributed by atoms with E-state index >= 15 is 0 Å². The van der Waals surface area contributed by atoms with E-state index in [1.165, 1.54) is 0 Å². The van der Waals surface area contributed by atoms with E-state index in [9.17, 15) is 9.59 Å². The zero-order valence-electron chi connectivity index (χ0n) is 19.6. The molecule has 6 nitrogen and oxygen atoms in total. The Morgan fingerprint density at radius 1 is 0.778 bits per heavy atom. The Bertz CT molecular complexity index is 1380. The summed E-state index contributed by atoms with van der Waals surface area (Å²) >= 11 is 12.3. The van der Waals surface area contributed by atoms with Crippen LogP contribution in [0.3, 0.4) is 0 Å². The second-order valence-electron chi connectivity index (χ2n) is 8.19. The number of carbonyl (C=O) groups is 2. The number of aromatic nitrogens is 2. The molecule has 8 heteroatoms. The van der Waals surface area contributed by atoms with Crippen molar-refractivity contribution in [3.05, 3.63) is 117 Å². The number of carbonyl (C=O) groups excluding carboxylic acids is 2. The van der Waals surface area contributed by atoms with Crippen molar-refractivity contribution < 1.29 is 9.59 Å². The first kappa shape index (κ1) is 25.4. The van der Waals surface area contributed by atoms with Crippen LogP contribution in [0.4, 0.5) is 11.8 Å². The van der Waals surface area contributed by atoms with Crippen LogP contribution in [0.2, 0.25) is 10.0 Å². The molecule has 3 aromatic carbocycles. The van der Waals surface area contributed by atoms with Gasteiger partial charge in [-0.25, -0.2) is 4.98 Å². The first-order valence-corrected chi connectivity index (χ1v) is 12.2. The highest BCUT2D eigenvalue weighted by molar-refractivity contribution is 6.35. The molecular weight excluding hydrogens is 495 g/mol. The summed E-state index contributed by atoms with van der Waals surface area (Å²) in [7, 11) is 0. The van der Waals surface area contributed by atoms with Gasteiger partial charge in [-0.3, -0.25) is 14.9 Å². The van der Waals surface area contributed by atoms with E-state index in [4.69, 9.17) is 23.2 Å². The van der Waals surface area contributed by atoms with Crippen LogP contribution >= 0.6 is 23.2 Å². The SMILES string of the molecule is Cc1nc(NC(=O)c2ccccc2)nc(NC(=O)c2ccccc2)c1CCCc1ccc(Cl)cc1Cl. The third-order valence-electron chi connectivity index (χ3n) is 5.63. The zero-order chi connectivity index (χ0) is 25.5. The van der Waals surface area contributed by atoms with Crippen LogP contribution in [-0.4, -0.2) is 21.8 Å². The highest BCUT2D eigenvalue weighted by atomic mass is 35.5. The molecule has 2 amide bonds. The van der Waals surface area contributed by atoms with Gasteiger partial charge in [0.2, 0.25) is 5.95 Å². The molecule has 0 aliphatic carbocycles. The third-order valence-corrected chi connectivity index (χ3v) is 6.22. The van der Waals surface area contributed by atoms with Crippen LogP contribution in [0.15, 0.2) is 78.9 Å². The fourth-order valence-electron chi connectivity index (χ4n) is 3.77. The van der Waals surface area contributed by atoms with Crippen LogP contribution in [-0.2, 0) is 12.8 Å². The Morgan fingerprint density at radius 2 is 1.39 bits per heavy atom. The molecule has 4 rings (SSSR count). The number of amides is 2. The van der Waals surface area contributed by atoms with E-state index in [2.05, 4.69) is 20.6 Å². The van der Waals surface area contributed by atoms with Crippen LogP contribution in [0, 0.1) is 6.92 Å². The largest absolute Gasteiger partial charge is 0.306 e. The van der Waals surface area contributed by atoms with Crippen molar-refractivity contribution in [2.75, 3.05) is 10.6 Å². The zero-order valence-corrected chi connectivity index (χ0v) is 21.1. The van der Waals surface area contributed by atoms with Crippen molar-refractivity contribution in [2.24, 2.45) is 0 Å². The lowest BCUT2D eigenvalue weighted by Gasteiger charge is -2.15. The average molecular weight is 519 g/mol. The quantitative estimate of drug-likeness (QED) is 0.269. The lowest BCUT2D eigenvalue weighted by Crippen LogP contribution is -2.19. The number of aryl methyl sites for hydroxylation is 2. The molecule has 0 radical (unpaired) electrons. The standard InChI is InChI=1S/C28H24Cl2N4O2/c1-18-23(14-8-13-19-15-16-22(29)17-24(19)30)25(32-26(35)20-9-4-2-5-10-20)33-28(31-18)34-27(36)21-11-6-3-7-12-21/h2-7,9-12,15-17H,8,13-14H2,1H3,(H2,31,32,33,34,35,36). The number of nitrogens with zero attached hydrogens (tertiary/aromatic N) is 2. The summed E-state index contributed by atoms with van der Waals surface area (Å²) in [6, 6.07) is 23.1. The number of hydrogen-bond acceptors (Lipinski definition) is 4. The molecule has 0 bridgehead atoms. The van der Waals surface area contributed by atoms with Gasteiger partial charge in [-0.15, -0.1) is 0 Å². The summed E-state index contributed by atoms with van der Waals surface area (Å²) in [4.78, 5) is 34.6. The minimum atomic E-state index is -0.333. The molecule has 182 valence electrons. The van der Waals surface area contributed by atoms with Gasteiger partial charge >= 0.3 is 0 Å². The topological polar surface area (TPSA) is 84.0 Å². The average Bonchev–Trinajstić information content (AvgIpc) is 2.87. The molecule has 0 saturated carbocycles. The van der Waals surface area contributed by atoms with Gasteiger partial charge in [-0.05, 0) is 68.1 Å². The number of halogens is 2. The first-order chi connectivity index (χ1) is 17.4.